The van der Waals surface area contributed by atoms with Crippen molar-refractivity contribution in [1.82, 2.24) is 0 Å². The molecule has 70 heavy (non-hydrogen) atoms. The molecule has 0 fully saturated rings. The maximum atomic E-state index is 7.02. The number of fused-ring (bicyclic) bond motifs is 8. The van der Waals surface area contributed by atoms with Gasteiger partial charge in [0.25, 0.3) is 0 Å². The SMILES string of the molecule is Cc1cc(C)c(-c2cc(-c3ccc4c(oc5ccccc54)c3Nc3ccc4c(c3)C(C)(C)CCC4(C)C)c3c(c2)N2c4ccccc4C(c4ccccc4)(c4ccccc4)c4cccc(c42)B3)c(C)c1. The molecule has 0 saturated heterocycles. The monoisotopic (exact) mass is 904 g/mol. The lowest BCUT2D eigenvalue weighted by Crippen LogP contribution is -2.47. The standard InChI is InChI=1S/C66H57BN2O/c1-40-35-41(2)59(42(3)36-40)43-37-50(48-30-31-49-47-23-14-17-28-58(47)70-63(49)61(48)68-46-29-32-51-54(39-46)65(6,7)34-33-64(51,4)5)60-57(38-43)69-56-27-16-15-24-52(56)66(44-19-10-8-11-20-44,45-21-12-9-13-22-45)53-25-18-26-55(67-60)62(53)69/h8-32,35-39,67-68H,33-34H2,1-7H3. The number of furan rings is 1. The molecule has 1 aromatic heterocycles. The Kier molecular flexibility index (Phi) is 9.40. The molecule has 0 amide bonds. The quantitative estimate of drug-likeness (QED) is 0.169. The molecule has 3 heterocycles. The molecule has 0 bridgehead atoms. The van der Waals surface area contributed by atoms with Crippen molar-refractivity contribution in [3.8, 4) is 22.3 Å². The Hall–Kier alpha value is -7.56. The first-order chi connectivity index (χ1) is 33.9. The van der Waals surface area contributed by atoms with Crippen molar-refractivity contribution >= 4 is 68.6 Å². The van der Waals surface area contributed by atoms with Crippen molar-refractivity contribution < 1.29 is 4.42 Å². The number of anilines is 5. The van der Waals surface area contributed by atoms with Crippen molar-refractivity contribution in [1.29, 1.82) is 0 Å². The molecular formula is C66H57BN2O. The fraction of sp³-hybridized carbons (Fsp3) is 0.182. The molecule has 9 aromatic carbocycles. The van der Waals surface area contributed by atoms with E-state index in [0.717, 1.165) is 52.6 Å². The van der Waals surface area contributed by atoms with E-state index < -0.39 is 5.41 Å². The molecule has 0 unspecified atom stereocenters. The molecule has 340 valence electrons. The summed E-state index contributed by atoms with van der Waals surface area (Å²) in [5.41, 5.74) is 26.3. The van der Waals surface area contributed by atoms with Gasteiger partial charge in [-0.2, -0.15) is 0 Å². The van der Waals surface area contributed by atoms with E-state index >= 15 is 0 Å². The zero-order valence-corrected chi connectivity index (χ0v) is 41.3. The molecule has 13 rings (SSSR count). The van der Waals surface area contributed by atoms with Crippen molar-refractivity contribution in [2.75, 3.05) is 10.2 Å². The average Bonchev–Trinajstić information content (AvgIpc) is 3.75. The number of para-hydroxylation sites is 3. The lowest BCUT2D eigenvalue weighted by atomic mass is 9.54. The van der Waals surface area contributed by atoms with E-state index in [1.807, 2.05) is 0 Å². The van der Waals surface area contributed by atoms with Crippen LogP contribution in [0.25, 0.3) is 44.2 Å². The minimum absolute atomic E-state index is 0.0590. The summed E-state index contributed by atoms with van der Waals surface area (Å²) < 4.78 is 7.02. The molecule has 2 aliphatic heterocycles. The number of hydrogen-bond donors (Lipinski definition) is 1. The van der Waals surface area contributed by atoms with Gasteiger partial charge in [0.05, 0.1) is 16.8 Å². The first kappa shape index (κ1) is 42.5. The van der Waals surface area contributed by atoms with Crippen LogP contribution in [0.5, 0.6) is 0 Å². The van der Waals surface area contributed by atoms with Gasteiger partial charge < -0.3 is 14.6 Å². The van der Waals surface area contributed by atoms with Crippen molar-refractivity contribution in [3.63, 3.8) is 0 Å². The molecular weight excluding hydrogens is 848 g/mol. The van der Waals surface area contributed by atoms with Crippen LogP contribution in [-0.2, 0) is 16.2 Å². The summed E-state index contributed by atoms with van der Waals surface area (Å²) in [5.74, 6) is 0. The third-order valence-corrected chi connectivity index (χ3v) is 16.5. The molecule has 0 atom stereocenters. The van der Waals surface area contributed by atoms with Gasteiger partial charge in [0.15, 0.2) is 12.9 Å². The number of aryl methyl sites for hydroxylation is 3. The highest BCUT2D eigenvalue weighted by atomic mass is 16.3. The highest BCUT2D eigenvalue weighted by molar-refractivity contribution is 6.73. The first-order valence-electron chi connectivity index (χ1n) is 25.2. The van der Waals surface area contributed by atoms with Gasteiger partial charge in [-0.05, 0) is 154 Å². The maximum Gasteiger partial charge on any atom is 0.198 e. The first-order valence-corrected chi connectivity index (χ1v) is 25.2. The Bertz CT molecular complexity index is 3700. The number of nitrogens with zero attached hydrogens (tertiary/aromatic N) is 1. The van der Waals surface area contributed by atoms with Gasteiger partial charge in [-0.1, -0.05) is 178 Å². The average molecular weight is 905 g/mol. The van der Waals surface area contributed by atoms with Gasteiger partial charge in [0.2, 0.25) is 0 Å². The Labute approximate surface area is 413 Å². The van der Waals surface area contributed by atoms with Crippen LogP contribution in [0, 0.1) is 20.8 Å². The van der Waals surface area contributed by atoms with E-state index in [0.29, 0.717) is 0 Å². The number of nitrogens with one attached hydrogen (secondary N) is 1. The molecule has 0 radical (unpaired) electrons. The predicted octanol–water partition coefficient (Wildman–Crippen LogP) is 15.8. The van der Waals surface area contributed by atoms with Gasteiger partial charge >= 0.3 is 0 Å². The lowest BCUT2D eigenvalue weighted by Gasteiger charge is -2.49. The minimum atomic E-state index is -0.550. The van der Waals surface area contributed by atoms with Crippen LogP contribution in [0.15, 0.2) is 186 Å². The van der Waals surface area contributed by atoms with E-state index in [1.54, 1.807) is 0 Å². The largest absolute Gasteiger partial charge is 0.454 e. The van der Waals surface area contributed by atoms with Crippen LogP contribution in [0.2, 0.25) is 0 Å². The van der Waals surface area contributed by atoms with Gasteiger partial charge in [-0.3, -0.25) is 0 Å². The summed E-state index contributed by atoms with van der Waals surface area (Å²) >= 11 is 0. The van der Waals surface area contributed by atoms with Gasteiger partial charge in [0.1, 0.15) is 5.58 Å². The van der Waals surface area contributed by atoms with Crippen LogP contribution in [0.1, 0.15) is 90.6 Å². The van der Waals surface area contributed by atoms with E-state index in [-0.39, 0.29) is 10.8 Å². The number of hydrogen-bond acceptors (Lipinski definition) is 3. The summed E-state index contributed by atoms with van der Waals surface area (Å²) in [6, 6.07) is 68.5. The zero-order valence-electron chi connectivity index (χ0n) is 41.3. The van der Waals surface area contributed by atoms with Crippen LogP contribution >= 0.6 is 0 Å². The highest BCUT2D eigenvalue weighted by Crippen LogP contribution is 2.58. The molecule has 3 nitrogen and oxygen atoms in total. The van der Waals surface area contributed by atoms with Crippen molar-refractivity contribution in [2.45, 2.75) is 77.6 Å². The molecule has 4 heteroatoms. The maximum absolute atomic E-state index is 7.02. The molecule has 1 aliphatic carbocycles. The second-order valence-corrected chi connectivity index (χ2v) is 21.7. The second kappa shape index (κ2) is 15.5. The molecule has 1 N–H and O–H groups in total. The van der Waals surface area contributed by atoms with E-state index in [2.05, 4.69) is 241 Å². The fourth-order valence-corrected chi connectivity index (χ4v) is 13.2. The normalized spacial score (nSPS) is 15.7. The van der Waals surface area contributed by atoms with Gasteiger partial charge in [-0.15, -0.1) is 0 Å². The summed E-state index contributed by atoms with van der Waals surface area (Å²) in [6.07, 6.45) is 2.33. The summed E-state index contributed by atoms with van der Waals surface area (Å²) in [6.45, 7) is 16.4. The van der Waals surface area contributed by atoms with Gasteiger partial charge in [-0.25, -0.2) is 0 Å². The smallest absolute Gasteiger partial charge is 0.198 e. The predicted molar refractivity (Wildman–Crippen MR) is 297 cm³/mol. The highest BCUT2D eigenvalue weighted by Gasteiger charge is 2.48. The van der Waals surface area contributed by atoms with Gasteiger partial charge in [0, 0.05) is 33.4 Å². The van der Waals surface area contributed by atoms with E-state index in [1.165, 1.54) is 101 Å². The Morgan fingerprint density at radius 3 is 1.93 bits per heavy atom. The fourth-order valence-electron chi connectivity index (χ4n) is 13.2. The van der Waals surface area contributed by atoms with Crippen LogP contribution < -0.4 is 21.1 Å². The van der Waals surface area contributed by atoms with Crippen molar-refractivity contribution in [2.24, 2.45) is 0 Å². The lowest BCUT2D eigenvalue weighted by molar-refractivity contribution is 0.332. The number of benzene rings is 9. The third-order valence-electron chi connectivity index (χ3n) is 16.5. The Morgan fingerprint density at radius 2 is 1.19 bits per heavy atom. The summed E-state index contributed by atoms with van der Waals surface area (Å²) in [5, 5.41) is 6.33. The van der Waals surface area contributed by atoms with E-state index in [4.69, 9.17) is 4.42 Å². The third kappa shape index (κ3) is 6.21. The molecule has 0 spiro atoms. The van der Waals surface area contributed by atoms with Crippen LogP contribution in [0.4, 0.5) is 28.4 Å². The Morgan fingerprint density at radius 1 is 0.529 bits per heavy atom. The summed E-state index contributed by atoms with van der Waals surface area (Å²) in [7, 11) is 0.762. The van der Waals surface area contributed by atoms with Crippen LogP contribution in [-0.4, -0.2) is 7.28 Å². The summed E-state index contributed by atoms with van der Waals surface area (Å²) in [4.78, 5) is 2.62. The van der Waals surface area contributed by atoms with E-state index in [9.17, 15) is 0 Å². The molecule has 0 saturated carbocycles. The zero-order chi connectivity index (χ0) is 47.7. The minimum Gasteiger partial charge on any atom is -0.454 e. The molecule has 3 aliphatic rings. The number of rotatable bonds is 6. The van der Waals surface area contributed by atoms with Crippen LogP contribution in [0.3, 0.4) is 0 Å². The Balaban J connectivity index is 1.11. The topological polar surface area (TPSA) is 28.4 Å². The second-order valence-electron chi connectivity index (χ2n) is 21.7. The molecule has 10 aromatic rings. The van der Waals surface area contributed by atoms with Crippen molar-refractivity contribution in [3.05, 3.63) is 232 Å².